The molecule has 0 radical (unpaired) electrons. The van der Waals surface area contributed by atoms with Crippen molar-refractivity contribution in [3.63, 3.8) is 0 Å². The van der Waals surface area contributed by atoms with Gasteiger partial charge >= 0.3 is 0 Å². The summed E-state index contributed by atoms with van der Waals surface area (Å²) in [6.07, 6.45) is 0.845. The molecular weight excluding hydrogens is 304 g/mol. The lowest BCUT2D eigenvalue weighted by atomic mass is 10.2. The zero-order valence-corrected chi connectivity index (χ0v) is 13.3. The van der Waals surface area contributed by atoms with Gasteiger partial charge in [-0.25, -0.2) is 4.98 Å². The number of benzene rings is 1. The number of rotatable bonds is 8. The molecule has 2 aromatic rings. The van der Waals surface area contributed by atoms with Crippen LogP contribution in [0.2, 0.25) is 0 Å². The number of nitrogens with zero attached hydrogens (tertiary/aromatic N) is 2. The van der Waals surface area contributed by atoms with E-state index in [-0.39, 0.29) is 5.69 Å². The second-order valence-electron chi connectivity index (χ2n) is 4.51. The lowest BCUT2D eigenvalue weighted by molar-refractivity contribution is -0.384. The number of non-ortho nitro benzene ring substituents is 1. The first-order valence-electron chi connectivity index (χ1n) is 6.88. The first-order chi connectivity index (χ1) is 10.6. The summed E-state index contributed by atoms with van der Waals surface area (Å²) in [6, 6.07) is 4.42. The second-order valence-corrected chi connectivity index (χ2v) is 5.37. The minimum Gasteiger partial charge on any atom is -0.495 e. The van der Waals surface area contributed by atoms with Crippen molar-refractivity contribution in [3.05, 3.63) is 39.4 Å². The van der Waals surface area contributed by atoms with E-state index in [2.05, 4.69) is 22.5 Å². The Morgan fingerprint density at radius 3 is 2.95 bits per heavy atom. The molecule has 0 fully saturated rings. The number of aromatic nitrogens is 1. The topological polar surface area (TPSA) is 89.3 Å². The highest BCUT2D eigenvalue weighted by atomic mass is 32.1. The number of methoxy groups -OCH3 is 1. The van der Waals surface area contributed by atoms with E-state index in [4.69, 9.17) is 4.74 Å². The quantitative estimate of drug-likeness (QED) is 0.441. The van der Waals surface area contributed by atoms with Crippen molar-refractivity contribution >= 4 is 27.8 Å². The Labute approximate surface area is 132 Å². The summed E-state index contributed by atoms with van der Waals surface area (Å²) in [6.45, 7) is 3.86. The highest BCUT2D eigenvalue weighted by Crippen LogP contribution is 2.32. The van der Waals surface area contributed by atoms with Gasteiger partial charge < -0.3 is 15.4 Å². The van der Waals surface area contributed by atoms with Gasteiger partial charge in [0.25, 0.3) is 5.69 Å². The van der Waals surface area contributed by atoms with Gasteiger partial charge in [-0.05, 0) is 12.6 Å². The molecule has 0 aliphatic heterocycles. The molecule has 0 aliphatic carbocycles. The summed E-state index contributed by atoms with van der Waals surface area (Å²) >= 11 is 1.46. The van der Waals surface area contributed by atoms with Crippen LogP contribution in [0.15, 0.2) is 23.6 Å². The van der Waals surface area contributed by atoms with E-state index in [9.17, 15) is 10.1 Å². The molecule has 0 saturated carbocycles. The molecule has 0 atom stereocenters. The van der Waals surface area contributed by atoms with Gasteiger partial charge in [-0.1, -0.05) is 6.92 Å². The van der Waals surface area contributed by atoms with Gasteiger partial charge in [-0.2, -0.15) is 0 Å². The fourth-order valence-corrected chi connectivity index (χ4v) is 2.65. The van der Waals surface area contributed by atoms with Crippen LogP contribution in [0.1, 0.15) is 12.6 Å². The highest BCUT2D eigenvalue weighted by Gasteiger charge is 2.12. The molecule has 0 spiro atoms. The SMILES string of the molecule is CCNCCc1csc(Nc2cc([N+](=O)[O-])ccc2OC)n1. The molecule has 118 valence electrons. The molecule has 7 nitrogen and oxygen atoms in total. The summed E-state index contributed by atoms with van der Waals surface area (Å²) in [4.78, 5) is 14.9. The smallest absolute Gasteiger partial charge is 0.271 e. The third kappa shape index (κ3) is 4.15. The molecule has 0 unspecified atom stereocenters. The Hall–Kier alpha value is -2.19. The van der Waals surface area contributed by atoms with E-state index < -0.39 is 4.92 Å². The van der Waals surface area contributed by atoms with Gasteiger partial charge in [0.15, 0.2) is 5.13 Å². The van der Waals surface area contributed by atoms with Gasteiger partial charge in [0.1, 0.15) is 5.75 Å². The lowest BCUT2D eigenvalue weighted by Crippen LogP contribution is -2.16. The number of ether oxygens (including phenoxy) is 1. The summed E-state index contributed by atoms with van der Waals surface area (Å²) in [5, 5.41) is 19.9. The molecule has 2 N–H and O–H groups in total. The zero-order valence-electron chi connectivity index (χ0n) is 12.5. The van der Waals surface area contributed by atoms with Gasteiger partial charge in [0.2, 0.25) is 0 Å². The summed E-state index contributed by atoms with van der Waals surface area (Å²) < 4.78 is 5.22. The van der Waals surface area contributed by atoms with Gasteiger partial charge in [0.05, 0.1) is 23.4 Å². The molecule has 1 heterocycles. The predicted octanol–water partition coefficient (Wildman–Crippen LogP) is 2.96. The number of hydrogen-bond acceptors (Lipinski definition) is 7. The number of likely N-dealkylation sites (N-methyl/N-ethyl adjacent to an activating group) is 1. The van der Waals surface area contributed by atoms with Crippen LogP contribution in [0.4, 0.5) is 16.5 Å². The average molecular weight is 322 g/mol. The maximum absolute atomic E-state index is 10.9. The van der Waals surface area contributed by atoms with Crippen LogP contribution in [-0.4, -0.2) is 30.1 Å². The molecule has 0 amide bonds. The molecule has 8 heteroatoms. The van der Waals surface area contributed by atoms with Crippen molar-refractivity contribution in [2.24, 2.45) is 0 Å². The van der Waals surface area contributed by atoms with E-state index in [1.54, 1.807) is 6.07 Å². The Kier molecular flexibility index (Phi) is 5.68. The van der Waals surface area contributed by atoms with E-state index in [1.807, 2.05) is 5.38 Å². The molecule has 1 aromatic carbocycles. The fourth-order valence-electron chi connectivity index (χ4n) is 1.89. The number of nitro benzene ring substituents is 1. The van der Waals surface area contributed by atoms with Crippen LogP contribution in [0.3, 0.4) is 0 Å². The summed E-state index contributed by atoms with van der Waals surface area (Å²) in [5.41, 5.74) is 1.52. The Morgan fingerprint density at radius 1 is 1.45 bits per heavy atom. The molecule has 0 bridgehead atoms. The molecular formula is C14H18N4O3S. The average Bonchev–Trinajstić information content (AvgIpc) is 2.95. The van der Waals surface area contributed by atoms with Crippen LogP contribution >= 0.6 is 11.3 Å². The van der Waals surface area contributed by atoms with Crippen molar-refractivity contribution in [1.82, 2.24) is 10.3 Å². The first-order valence-corrected chi connectivity index (χ1v) is 7.76. The van der Waals surface area contributed by atoms with E-state index in [1.165, 1.54) is 30.6 Å². The maximum atomic E-state index is 10.9. The highest BCUT2D eigenvalue weighted by molar-refractivity contribution is 7.13. The van der Waals surface area contributed by atoms with Crippen molar-refractivity contribution in [1.29, 1.82) is 0 Å². The maximum Gasteiger partial charge on any atom is 0.271 e. The van der Waals surface area contributed by atoms with E-state index in [0.717, 1.165) is 25.2 Å². The normalized spacial score (nSPS) is 10.5. The third-order valence-corrected chi connectivity index (χ3v) is 3.80. The minimum absolute atomic E-state index is 0.00669. The number of thiazole rings is 1. The van der Waals surface area contributed by atoms with Crippen LogP contribution in [-0.2, 0) is 6.42 Å². The Bertz CT molecular complexity index is 645. The number of nitrogens with one attached hydrogen (secondary N) is 2. The second kappa shape index (κ2) is 7.71. The molecule has 1 aromatic heterocycles. The van der Waals surface area contributed by atoms with Crippen LogP contribution in [0.25, 0.3) is 0 Å². The van der Waals surface area contributed by atoms with Gasteiger partial charge in [-0.15, -0.1) is 11.3 Å². The Morgan fingerprint density at radius 2 is 2.27 bits per heavy atom. The predicted molar refractivity (Wildman–Crippen MR) is 87.3 cm³/mol. The number of nitro groups is 1. The monoisotopic (exact) mass is 322 g/mol. The third-order valence-electron chi connectivity index (χ3n) is 3.00. The Balaban J connectivity index is 2.12. The standard InChI is InChI=1S/C14H18N4O3S/c1-3-15-7-6-10-9-22-14(16-10)17-12-8-11(18(19)20)4-5-13(12)21-2/h4-5,8-9,15H,3,6-7H2,1-2H3,(H,16,17). The van der Waals surface area contributed by atoms with E-state index in [0.29, 0.717) is 16.6 Å². The van der Waals surface area contributed by atoms with Crippen molar-refractivity contribution in [2.75, 3.05) is 25.5 Å². The zero-order chi connectivity index (χ0) is 15.9. The van der Waals surface area contributed by atoms with Crippen molar-refractivity contribution in [2.45, 2.75) is 13.3 Å². The molecule has 0 aliphatic rings. The summed E-state index contributed by atoms with van der Waals surface area (Å²) in [5.74, 6) is 0.537. The van der Waals surface area contributed by atoms with Crippen LogP contribution in [0, 0.1) is 10.1 Å². The van der Waals surface area contributed by atoms with E-state index >= 15 is 0 Å². The lowest BCUT2D eigenvalue weighted by Gasteiger charge is -2.08. The summed E-state index contributed by atoms with van der Waals surface area (Å²) in [7, 11) is 1.52. The molecule has 2 rings (SSSR count). The van der Waals surface area contributed by atoms with Gasteiger partial charge in [-0.3, -0.25) is 10.1 Å². The van der Waals surface area contributed by atoms with Crippen molar-refractivity contribution < 1.29 is 9.66 Å². The minimum atomic E-state index is -0.436. The van der Waals surface area contributed by atoms with Crippen LogP contribution < -0.4 is 15.4 Å². The fraction of sp³-hybridized carbons (Fsp3) is 0.357. The number of hydrogen-bond donors (Lipinski definition) is 2. The number of anilines is 2. The van der Waals surface area contributed by atoms with Crippen molar-refractivity contribution in [3.8, 4) is 5.75 Å². The largest absolute Gasteiger partial charge is 0.495 e. The first kappa shape index (κ1) is 16.2. The van der Waals surface area contributed by atoms with Gasteiger partial charge in [0, 0.05) is 30.5 Å². The molecule has 0 saturated heterocycles. The molecule has 22 heavy (non-hydrogen) atoms. The van der Waals surface area contributed by atoms with Crippen LogP contribution in [0.5, 0.6) is 5.75 Å².